The van der Waals surface area contributed by atoms with Crippen LogP contribution in [0.3, 0.4) is 0 Å². The van der Waals surface area contributed by atoms with Gasteiger partial charge in [0.1, 0.15) is 0 Å². The van der Waals surface area contributed by atoms with E-state index in [0.717, 1.165) is 13.0 Å². The molecule has 0 saturated carbocycles. The van der Waals surface area contributed by atoms with Gasteiger partial charge in [-0.2, -0.15) is 5.10 Å². The zero-order valence-corrected chi connectivity index (χ0v) is 9.36. The van der Waals surface area contributed by atoms with Crippen LogP contribution in [0, 0.1) is 5.92 Å². The molecule has 0 aliphatic heterocycles. The van der Waals surface area contributed by atoms with Gasteiger partial charge in [-0.05, 0) is 12.3 Å². The number of hydrogen-bond donors (Lipinski definition) is 1. The molecule has 0 bridgehead atoms. The predicted octanol–water partition coefficient (Wildman–Crippen LogP) is 1.30. The van der Waals surface area contributed by atoms with Gasteiger partial charge in [-0.1, -0.05) is 13.8 Å². The molecule has 0 unspecified atom stereocenters. The Labute approximate surface area is 89.2 Å². The van der Waals surface area contributed by atoms with Crippen LogP contribution >= 0.6 is 0 Å². The van der Waals surface area contributed by atoms with Crippen molar-refractivity contribution in [3.63, 3.8) is 0 Å². The number of anilines is 1. The largest absolute Gasteiger partial charge is 0.464 e. The second-order valence-electron chi connectivity index (χ2n) is 3.87. The number of aryl methyl sites for hydroxylation is 1. The minimum atomic E-state index is -0.490. The lowest BCUT2D eigenvalue weighted by Gasteiger charge is -2.03. The highest BCUT2D eigenvalue weighted by Gasteiger charge is 2.14. The molecule has 5 heteroatoms. The number of nitrogens with zero attached hydrogens (tertiary/aromatic N) is 2. The lowest BCUT2D eigenvalue weighted by molar-refractivity contribution is 0.0594. The summed E-state index contributed by atoms with van der Waals surface area (Å²) in [6.07, 6.45) is 2.66. The fraction of sp³-hybridized carbons (Fsp3) is 0.600. The monoisotopic (exact) mass is 211 g/mol. The van der Waals surface area contributed by atoms with E-state index < -0.39 is 5.97 Å². The third kappa shape index (κ3) is 2.97. The Morgan fingerprint density at radius 3 is 2.87 bits per heavy atom. The Kier molecular flexibility index (Phi) is 3.71. The Morgan fingerprint density at radius 2 is 2.33 bits per heavy atom. The van der Waals surface area contributed by atoms with Crippen molar-refractivity contribution in [3.05, 3.63) is 11.9 Å². The molecule has 1 rings (SSSR count). The lowest BCUT2D eigenvalue weighted by atomic mass is 10.1. The number of esters is 1. The molecule has 0 amide bonds. The quantitative estimate of drug-likeness (QED) is 0.762. The van der Waals surface area contributed by atoms with Crippen LogP contribution in [-0.2, 0) is 11.3 Å². The van der Waals surface area contributed by atoms with Crippen LogP contribution < -0.4 is 5.73 Å². The van der Waals surface area contributed by atoms with Gasteiger partial charge in [0.15, 0.2) is 5.69 Å². The Morgan fingerprint density at radius 1 is 1.67 bits per heavy atom. The van der Waals surface area contributed by atoms with E-state index in [1.807, 2.05) is 0 Å². The highest BCUT2D eigenvalue weighted by molar-refractivity contribution is 5.92. The number of carbonyl (C=O) groups is 1. The van der Waals surface area contributed by atoms with Crippen molar-refractivity contribution >= 4 is 11.7 Å². The van der Waals surface area contributed by atoms with Crippen molar-refractivity contribution in [3.8, 4) is 0 Å². The zero-order valence-electron chi connectivity index (χ0n) is 9.36. The minimum Gasteiger partial charge on any atom is -0.464 e. The molecule has 1 heterocycles. The standard InChI is InChI=1S/C10H17N3O2/c1-7(2)4-5-13-6-8(11)9(12-13)10(14)15-3/h6-7H,4-5,11H2,1-3H3. The maximum Gasteiger partial charge on any atom is 0.360 e. The van der Waals surface area contributed by atoms with E-state index in [4.69, 9.17) is 5.73 Å². The van der Waals surface area contributed by atoms with Crippen LogP contribution in [0.25, 0.3) is 0 Å². The first-order chi connectivity index (χ1) is 7.04. The molecule has 2 N–H and O–H groups in total. The number of nitrogen functional groups attached to an aromatic ring is 1. The normalized spacial score (nSPS) is 10.7. The highest BCUT2D eigenvalue weighted by atomic mass is 16.5. The number of ether oxygens (including phenoxy) is 1. The number of hydrogen-bond acceptors (Lipinski definition) is 4. The number of rotatable bonds is 4. The van der Waals surface area contributed by atoms with E-state index in [0.29, 0.717) is 11.6 Å². The van der Waals surface area contributed by atoms with E-state index in [9.17, 15) is 4.79 Å². The number of aromatic nitrogens is 2. The van der Waals surface area contributed by atoms with Crippen molar-refractivity contribution in [2.24, 2.45) is 5.92 Å². The Bertz CT molecular complexity index is 344. The van der Waals surface area contributed by atoms with Gasteiger partial charge in [0, 0.05) is 12.7 Å². The van der Waals surface area contributed by atoms with E-state index in [2.05, 4.69) is 23.7 Å². The molecule has 0 atom stereocenters. The van der Waals surface area contributed by atoms with Crippen LogP contribution in [-0.4, -0.2) is 22.9 Å². The molecule has 0 aliphatic rings. The van der Waals surface area contributed by atoms with Crippen molar-refractivity contribution in [1.29, 1.82) is 0 Å². The van der Waals surface area contributed by atoms with E-state index in [1.54, 1.807) is 10.9 Å². The molecule has 1 aromatic heterocycles. The third-order valence-electron chi connectivity index (χ3n) is 2.10. The van der Waals surface area contributed by atoms with Gasteiger partial charge in [-0.25, -0.2) is 4.79 Å². The van der Waals surface area contributed by atoms with Crippen LogP contribution in [0.4, 0.5) is 5.69 Å². The molecule has 1 aromatic rings. The molecular formula is C10H17N3O2. The Balaban J connectivity index is 2.72. The van der Waals surface area contributed by atoms with Gasteiger partial charge in [-0.3, -0.25) is 4.68 Å². The van der Waals surface area contributed by atoms with Crippen molar-refractivity contribution in [2.75, 3.05) is 12.8 Å². The first-order valence-electron chi connectivity index (χ1n) is 4.95. The van der Waals surface area contributed by atoms with Crippen molar-refractivity contribution < 1.29 is 9.53 Å². The summed E-state index contributed by atoms with van der Waals surface area (Å²) < 4.78 is 6.24. The van der Waals surface area contributed by atoms with Crippen LogP contribution in [0.2, 0.25) is 0 Å². The third-order valence-corrected chi connectivity index (χ3v) is 2.10. The summed E-state index contributed by atoms with van der Waals surface area (Å²) in [6, 6.07) is 0. The van der Waals surface area contributed by atoms with Crippen molar-refractivity contribution in [2.45, 2.75) is 26.8 Å². The molecule has 5 nitrogen and oxygen atoms in total. The van der Waals surface area contributed by atoms with Gasteiger partial charge in [0.2, 0.25) is 0 Å². The zero-order chi connectivity index (χ0) is 11.4. The minimum absolute atomic E-state index is 0.196. The van der Waals surface area contributed by atoms with Crippen LogP contribution in [0.1, 0.15) is 30.8 Å². The number of methoxy groups -OCH3 is 1. The molecule has 0 radical (unpaired) electrons. The summed E-state index contributed by atoms with van der Waals surface area (Å²) in [7, 11) is 1.31. The van der Waals surface area contributed by atoms with Crippen molar-refractivity contribution in [1.82, 2.24) is 9.78 Å². The molecule has 84 valence electrons. The topological polar surface area (TPSA) is 70.1 Å². The second kappa shape index (κ2) is 4.82. The molecule has 0 aliphatic carbocycles. The lowest BCUT2D eigenvalue weighted by Crippen LogP contribution is -2.07. The van der Waals surface area contributed by atoms with E-state index >= 15 is 0 Å². The van der Waals surface area contributed by atoms with Gasteiger partial charge in [0.05, 0.1) is 12.8 Å². The van der Waals surface area contributed by atoms with Gasteiger partial charge >= 0.3 is 5.97 Å². The summed E-state index contributed by atoms with van der Waals surface area (Å²) in [5.74, 6) is 0.104. The fourth-order valence-corrected chi connectivity index (χ4v) is 1.20. The summed E-state index contributed by atoms with van der Waals surface area (Å²) in [4.78, 5) is 11.2. The Hall–Kier alpha value is -1.52. The average molecular weight is 211 g/mol. The van der Waals surface area contributed by atoms with Crippen LogP contribution in [0.15, 0.2) is 6.20 Å². The maximum atomic E-state index is 11.2. The van der Waals surface area contributed by atoms with E-state index in [1.165, 1.54) is 7.11 Å². The SMILES string of the molecule is COC(=O)c1nn(CCC(C)C)cc1N. The summed E-state index contributed by atoms with van der Waals surface area (Å²) in [5, 5.41) is 4.07. The first-order valence-corrected chi connectivity index (χ1v) is 4.95. The summed E-state index contributed by atoms with van der Waals surface area (Å²) >= 11 is 0. The van der Waals surface area contributed by atoms with E-state index in [-0.39, 0.29) is 5.69 Å². The second-order valence-corrected chi connectivity index (χ2v) is 3.87. The molecule has 0 saturated heterocycles. The molecule has 0 fully saturated rings. The van der Waals surface area contributed by atoms with Gasteiger partial charge in [0.25, 0.3) is 0 Å². The maximum absolute atomic E-state index is 11.2. The van der Waals surface area contributed by atoms with Gasteiger partial charge in [-0.15, -0.1) is 0 Å². The predicted molar refractivity (Wildman–Crippen MR) is 57.4 cm³/mol. The smallest absolute Gasteiger partial charge is 0.360 e. The number of nitrogens with two attached hydrogens (primary N) is 1. The summed E-state index contributed by atoms with van der Waals surface area (Å²) in [5.41, 5.74) is 6.20. The molecule has 0 aromatic carbocycles. The summed E-state index contributed by atoms with van der Waals surface area (Å²) in [6.45, 7) is 5.03. The van der Waals surface area contributed by atoms with Gasteiger partial charge < -0.3 is 10.5 Å². The fourth-order valence-electron chi connectivity index (χ4n) is 1.20. The highest BCUT2D eigenvalue weighted by Crippen LogP contribution is 2.11. The van der Waals surface area contributed by atoms with Crippen LogP contribution in [0.5, 0.6) is 0 Å². The number of carbonyl (C=O) groups excluding carboxylic acids is 1. The first kappa shape index (κ1) is 11.6. The molecule has 0 spiro atoms. The molecular weight excluding hydrogens is 194 g/mol. The molecule has 15 heavy (non-hydrogen) atoms. The average Bonchev–Trinajstić information content (AvgIpc) is 2.55.